The third kappa shape index (κ3) is 4.50. The number of hydrogen-bond acceptors (Lipinski definition) is 2. The highest BCUT2D eigenvalue weighted by molar-refractivity contribution is 7.85. The van der Waals surface area contributed by atoms with Gasteiger partial charge in [0.2, 0.25) is 11.8 Å². The van der Waals surface area contributed by atoms with Crippen LogP contribution in [0.5, 0.6) is 0 Å². The molecule has 0 N–H and O–H groups in total. The van der Waals surface area contributed by atoms with Crippen molar-refractivity contribution < 1.29 is 17.8 Å². The van der Waals surface area contributed by atoms with Crippen molar-refractivity contribution in [1.29, 1.82) is 0 Å². The van der Waals surface area contributed by atoms with E-state index in [2.05, 4.69) is 4.40 Å². The van der Waals surface area contributed by atoms with Crippen LogP contribution in [0.25, 0.3) is 0 Å². The van der Waals surface area contributed by atoms with E-state index >= 15 is 0 Å². The van der Waals surface area contributed by atoms with Crippen molar-refractivity contribution in [1.82, 2.24) is 0 Å². The molecule has 1 saturated carbocycles. The average molecular weight is 411 g/mol. The standard InChI is InChI=1S/C21H28F2N2O2S/c1-14(24-28(27)20(2,3)4)16-5-6-18-17(13-16)9-12-25(18)19(26)15-7-10-21(22,23)11-8-15/h5-6,13,15H,7-12H2,1-4H3/t28-/m1/s1. The van der Waals surface area contributed by atoms with Gasteiger partial charge in [0.25, 0.3) is 0 Å². The fourth-order valence-corrected chi connectivity index (χ4v) is 4.31. The number of nitrogens with zero attached hydrogens (tertiary/aromatic N) is 2. The first-order valence-electron chi connectivity index (χ1n) is 9.78. The predicted octanol–water partition coefficient (Wildman–Crippen LogP) is 4.67. The van der Waals surface area contributed by atoms with E-state index in [9.17, 15) is 17.8 Å². The minimum atomic E-state index is -2.63. The number of halogens is 2. The maximum Gasteiger partial charge on any atom is 0.248 e. The van der Waals surface area contributed by atoms with Crippen molar-refractivity contribution in [3.63, 3.8) is 0 Å². The van der Waals surface area contributed by atoms with Crippen LogP contribution >= 0.6 is 0 Å². The molecule has 7 heteroatoms. The van der Waals surface area contributed by atoms with E-state index < -0.39 is 21.7 Å². The fraction of sp³-hybridized carbons (Fsp3) is 0.619. The zero-order chi connectivity index (χ0) is 20.7. The van der Waals surface area contributed by atoms with Gasteiger partial charge in [0.05, 0.1) is 10.5 Å². The monoisotopic (exact) mass is 410 g/mol. The second-order valence-electron chi connectivity index (χ2n) is 8.75. The molecule has 1 aliphatic carbocycles. The Labute approximate surface area is 168 Å². The summed E-state index contributed by atoms with van der Waals surface area (Å²) in [7, 11) is -1.33. The molecule has 154 valence electrons. The van der Waals surface area contributed by atoms with Crippen LogP contribution in [-0.4, -0.2) is 33.0 Å². The van der Waals surface area contributed by atoms with Gasteiger partial charge < -0.3 is 4.90 Å². The molecule has 1 amide bonds. The molecule has 1 atom stereocenters. The summed E-state index contributed by atoms with van der Waals surface area (Å²) in [5.74, 6) is -2.98. The smallest absolute Gasteiger partial charge is 0.248 e. The minimum Gasteiger partial charge on any atom is -0.312 e. The number of alkyl halides is 2. The van der Waals surface area contributed by atoms with Crippen LogP contribution in [0.15, 0.2) is 22.6 Å². The lowest BCUT2D eigenvalue weighted by molar-refractivity contribution is -0.126. The van der Waals surface area contributed by atoms with E-state index in [-0.39, 0.29) is 37.5 Å². The molecule has 0 saturated heterocycles. The molecule has 0 spiro atoms. The van der Waals surface area contributed by atoms with Crippen LogP contribution in [0, 0.1) is 5.92 Å². The summed E-state index contributed by atoms with van der Waals surface area (Å²) in [4.78, 5) is 14.6. The normalized spacial score (nSPS) is 21.5. The van der Waals surface area contributed by atoms with E-state index in [0.29, 0.717) is 12.3 Å². The Morgan fingerprint density at radius 3 is 2.50 bits per heavy atom. The summed E-state index contributed by atoms with van der Waals surface area (Å²) in [6.07, 6.45) is 0.820. The summed E-state index contributed by atoms with van der Waals surface area (Å²) < 4.78 is 42.9. The number of benzene rings is 1. The quantitative estimate of drug-likeness (QED) is 0.680. The average Bonchev–Trinajstić information content (AvgIpc) is 3.03. The van der Waals surface area contributed by atoms with Crippen LogP contribution in [0.3, 0.4) is 0 Å². The van der Waals surface area contributed by atoms with Crippen molar-refractivity contribution in [3.05, 3.63) is 29.3 Å². The summed E-state index contributed by atoms with van der Waals surface area (Å²) >= 11 is 0. The van der Waals surface area contributed by atoms with E-state index in [1.54, 1.807) is 4.90 Å². The number of carbonyl (C=O) groups is 1. The summed E-state index contributed by atoms with van der Waals surface area (Å²) in [6, 6.07) is 5.78. The fourth-order valence-electron chi connectivity index (χ4n) is 3.68. The minimum absolute atomic E-state index is 0.0405. The SMILES string of the molecule is CC(=N[S@](=O)C(C)(C)C)c1ccc2c(c1)CCN2C(=O)C1CCC(F)(F)CC1. The number of amides is 1. The van der Waals surface area contributed by atoms with Crippen LogP contribution in [0.4, 0.5) is 14.5 Å². The molecule has 0 radical (unpaired) electrons. The van der Waals surface area contributed by atoms with E-state index in [1.807, 2.05) is 45.9 Å². The summed E-state index contributed by atoms with van der Waals surface area (Å²) in [6.45, 7) is 8.06. The van der Waals surface area contributed by atoms with Crippen LogP contribution in [-0.2, 0) is 22.2 Å². The molecule has 1 heterocycles. The topological polar surface area (TPSA) is 49.7 Å². The lowest BCUT2D eigenvalue weighted by Gasteiger charge is -2.30. The van der Waals surface area contributed by atoms with Crippen molar-refractivity contribution in [2.45, 2.75) is 70.5 Å². The van der Waals surface area contributed by atoms with Gasteiger partial charge in [-0.2, -0.15) is 4.40 Å². The van der Waals surface area contributed by atoms with Crippen LogP contribution < -0.4 is 4.90 Å². The highest BCUT2D eigenvalue weighted by atomic mass is 32.2. The Morgan fingerprint density at radius 2 is 1.89 bits per heavy atom. The van der Waals surface area contributed by atoms with Gasteiger partial charge in [-0.1, -0.05) is 6.07 Å². The van der Waals surface area contributed by atoms with Crippen molar-refractivity contribution in [3.8, 4) is 0 Å². The first-order valence-corrected chi connectivity index (χ1v) is 10.9. The van der Waals surface area contributed by atoms with Gasteiger partial charge >= 0.3 is 0 Å². The van der Waals surface area contributed by atoms with E-state index in [1.165, 1.54) is 0 Å². The predicted molar refractivity (Wildman–Crippen MR) is 110 cm³/mol. The molecule has 4 nitrogen and oxygen atoms in total. The zero-order valence-corrected chi connectivity index (χ0v) is 17.7. The molecular formula is C21H28F2N2O2S. The third-order valence-corrected chi connectivity index (χ3v) is 6.96. The lowest BCUT2D eigenvalue weighted by Crippen LogP contribution is -2.38. The number of carbonyl (C=O) groups excluding carboxylic acids is 1. The van der Waals surface area contributed by atoms with Crippen LogP contribution in [0.1, 0.15) is 64.5 Å². The first-order chi connectivity index (χ1) is 13.0. The molecular weight excluding hydrogens is 382 g/mol. The molecule has 1 aromatic carbocycles. The maximum atomic E-state index is 13.4. The van der Waals surface area contributed by atoms with Gasteiger partial charge in [0, 0.05) is 31.0 Å². The van der Waals surface area contributed by atoms with Gasteiger partial charge in [-0.15, -0.1) is 0 Å². The summed E-state index contributed by atoms with van der Waals surface area (Å²) in [5.41, 5.74) is 3.50. The van der Waals surface area contributed by atoms with Gasteiger partial charge in [0.15, 0.2) is 0 Å². The third-order valence-electron chi connectivity index (χ3n) is 5.47. The Hall–Kier alpha value is -1.63. The second kappa shape index (κ2) is 7.65. The summed E-state index contributed by atoms with van der Waals surface area (Å²) in [5, 5.41) is 0. The van der Waals surface area contributed by atoms with E-state index in [4.69, 9.17) is 0 Å². The molecule has 3 rings (SSSR count). The first kappa shape index (κ1) is 21.1. The molecule has 28 heavy (non-hydrogen) atoms. The largest absolute Gasteiger partial charge is 0.312 e. The Bertz CT molecular complexity index is 820. The Kier molecular flexibility index (Phi) is 5.76. The Balaban J connectivity index is 1.75. The molecule has 1 aromatic rings. The van der Waals surface area contributed by atoms with Crippen molar-refractivity contribution in [2.24, 2.45) is 10.3 Å². The van der Waals surface area contributed by atoms with E-state index in [0.717, 1.165) is 23.2 Å². The van der Waals surface area contributed by atoms with Gasteiger partial charge in [0.1, 0.15) is 11.0 Å². The molecule has 1 fully saturated rings. The number of anilines is 1. The Morgan fingerprint density at radius 1 is 1.25 bits per heavy atom. The molecule has 0 unspecified atom stereocenters. The molecule has 0 aromatic heterocycles. The molecule has 1 aliphatic heterocycles. The van der Waals surface area contributed by atoms with Gasteiger partial charge in [-0.05, 0) is 70.2 Å². The number of hydrogen-bond donors (Lipinski definition) is 0. The number of fused-ring (bicyclic) bond motifs is 1. The molecule has 0 bridgehead atoms. The lowest BCUT2D eigenvalue weighted by atomic mass is 9.86. The van der Waals surface area contributed by atoms with Gasteiger partial charge in [-0.3, -0.25) is 4.79 Å². The van der Waals surface area contributed by atoms with Crippen molar-refractivity contribution >= 4 is 28.3 Å². The highest BCUT2D eigenvalue weighted by Crippen LogP contribution is 2.39. The van der Waals surface area contributed by atoms with Crippen LogP contribution in [0.2, 0.25) is 0 Å². The van der Waals surface area contributed by atoms with Gasteiger partial charge in [-0.25, -0.2) is 13.0 Å². The molecule has 2 aliphatic rings. The number of rotatable bonds is 3. The second-order valence-corrected chi connectivity index (χ2v) is 10.7. The maximum absolute atomic E-state index is 13.4. The zero-order valence-electron chi connectivity index (χ0n) is 16.9. The highest BCUT2D eigenvalue weighted by Gasteiger charge is 2.39. The van der Waals surface area contributed by atoms with Crippen molar-refractivity contribution in [2.75, 3.05) is 11.4 Å².